The van der Waals surface area contributed by atoms with E-state index in [0.717, 1.165) is 38.8 Å². The highest BCUT2D eigenvalue weighted by Crippen LogP contribution is 2.42. The largest absolute Gasteiger partial charge is 0.333 e. The molecule has 5 nitrogen and oxygen atoms in total. The Morgan fingerprint density at radius 2 is 1.74 bits per heavy atom. The fourth-order valence-corrected chi connectivity index (χ4v) is 5.95. The fourth-order valence-electron chi connectivity index (χ4n) is 4.75. The first-order valence-corrected chi connectivity index (χ1v) is 10.3. The first-order chi connectivity index (χ1) is 11.3. The molecule has 2 saturated heterocycles. The van der Waals surface area contributed by atoms with E-state index in [1.807, 2.05) is 0 Å². The maximum Gasteiger partial charge on any atom is 0.171 e. The van der Waals surface area contributed by atoms with E-state index in [2.05, 4.69) is 16.2 Å². The van der Waals surface area contributed by atoms with Gasteiger partial charge in [0.2, 0.25) is 0 Å². The van der Waals surface area contributed by atoms with E-state index in [1.54, 1.807) is 11.8 Å². The number of carbonyl (C=O) groups is 1. The third kappa shape index (κ3) is 3.61. The van der Waals surface area contributed by atoms with Gasteiger partial charge in [0.1, 0.15) is 12.0 Å². The molecule has 0 bridgehead atoms. The van der Waals surface area contributed by atoms with Gasteiger partial charge in [-0.2, -0.15) is 0 Å². The third-order valence-corrected chi connectivity index (χ3v) is 7.38. The summed E-state index contributed by atoms with van der Waals surface area (Å²) in [5.41, 5.74) is 6.49. The van der Waals surface area contributed by atoms with Crippen LogP contribution in [0.2, 0.25) is 0 Å². The number of ketones is 1. The van der Waals surface area contributed by atoms with Gasteiger partial charge in [0.05, 0.1) is 5.25 Å². The zero-order chi connectivity index (χ0) is 15.6. The summed E-state index contributed by atoms with van der Waals surface area (Å²) in [5, 5.41) is 3.52. The van der Waals surface area contributed by atoms with Crippen LogP contribution in [0.15, 0.2) is 0 Å². The molecule has 0 aromatic heterocycles. The van der Waals surface area contributed by atoms with Crippen molar-refractivity contribution in [3.8, 4) is 0 Å². The van der Waals surface area contributed by atoms with Crippen molar-refractivity contribution in [3.05, 3.63) is 0 Å². The number of fused-ring (bicyclic) bond motifs is 1. The summed E-state index contributed by atoms with van der Waals surface area (Å²) in [4.78, 5) is 12.8. The number of thioether (sulfide) groups is 1. The van der Waals surface area contributed by atoms with E-state index < -0.39 is 0 Å². The van der Waals surface area contributed by atoms with E-state index in [9.17, 15) is 4.79 Å². The van der Waals surface area contributed by atoms with Crippen LogP contribution in [0.5, 0.6) is 0 Å². The van der Waals surface area contributed by atoms with Crippen LogP contribution in [-0.2, 0) is 9.53 Å². The highest BCUT2D eigenvalue weighted by molar-refractivity contribution is 8.01. The summed E-state index contributed by atoms with van der Waals surface area (Å²) in [7, 11) is 0. The van der Waals surface area contributed by atoms with Crippen molar-refractivity contribution >= 4 is 17.5 Å². The van der Waals surface area contributed by atoms with Crippen LogP contribution in [0.1, 0.15) is 51.4 Å². The zero-order valence-corrected chi connectivity index (χ0v) is 14.6. The van der Waals surface area contributed by atoms with Crippen LogP contribution in [0.4, 0.5) is 0 Å². The van der Waals surface area contributed by atoms with E-state index >= 15 is 0 Å². The summed E-state index contributed by atoms with van der Waals surface area (Å²) in [6.45, 7) is 2.16. The number of piperidine rings is 1. The summed E-state index contributed by atoms with van der Waals surface area (Å²) >= 11 is 1.70. The van der Waals surface area contributed by atoms with Gasteiger partial charge in [-0.15, -0.1) is 11.8 Å². The lowest BCUT2D eigenvalue weighted by atomic mass is 9.70. The summed E-state index contributed by atoms with van der Waals surface area (Å²) in [6.07, 6.45) is 9.61. The van der Waals surface area contributed by atoms with Crippen molar-refractivity contribution in [3.63, 3.8) is 0 Å². The Bertz CT molecular complexity index is 430. The van der Waals surface area contributed by atoms with Gasteiger partial charge >= 0.3 is 0 Å². The van der Waals surface area contributed by atoms with Crippen LogP contribution in [0.3, 0.4) is 0 Å². The van der Waals surface area contributed by atoms with Gasteiger partial charge in [-0.1, -0.05) is 12.8 Å². The number of Topliss-reactive ketones (excluding diaryl/α,β-unsaturated/α-hetero) is 1. The van der Waals surface area contributed by atoms with Gasteiger partial charge in [0.25, 0.3) is 0 Å². The average molecular weight is 340 g/mol. The molecular weight excluding hydrogens is 310 g/mol. The second-order valence-electron chi connectivity index (χ2n) is 7.52. The van der Waals surface area contributed by atoms with Crippen molar-refractivity contribution < 1.29 is 9.53 Å². The van der Waals surface area contributed by atoms with Crippen LogP contribution >= 0.6 is 11.8 Å². The molecule has 0 aromatic rings. The summed E-state index contributed by atoms with van der Waals surface area (Å²) < 4.78 is 6.15. The minimum Gasteiger partial charge on any atom is -0.333 e. The lowest BCUT2D eigenvalue weighted by molar-refractivity contribution is -0.127. The number of carbonyl (C=O) groups excluding carboxylic acids is 1. The maximum atomic E-state index is 12.8. The number of nitrogens with one attached hydrogen (secondary N) is 3. The second-order valence-corrected chi connectivity index (χ2v) is 8.79. The SMILES string of the molecule is O=C1C(SC2NNC(C3CCNCC3)O2)CCC2CCCCC12. The predicted molar refractivity (Wildman–Crippen MR) is 91.6 cm³/mol. The topological polar surface area (TPSA) is 62.4 Å². The molecule has 3 N–H and O–H groups in total. The molecule has 0 amide bonds. The lowest BCUT2D eigenvalue weighted by Crippen LogP contribution is -2.42. The highest BCUT2D eigenvalue weighted by atomic mass is 32.2. The Hall–Kier alpha value is -0.140. The van der Waals surface area contributed by atoms with E-state index in [1.165, 1.54) is 25.7 Å². The first-order valence-electron chi connectivity index (χ1n) is 9.37. The van der Waals surface area contributed by atoms with Crippen molar-refractivity contribution in [1.82, 2.24) is 16.2 Å². The highest BCUT2D eigenvalue weighted by Gasteiger charge is 2.42. The van der Waals surface area contributed by atoms with Crippen LogP contribution < -0.4 is 16.2 Å². The number of hydrazine groups is 1. The molecule has 6 heteroatoms. The molecule has 2 saturated carbocycles. The van der Waals surface area contributed by atoms with Crippen LogP contribution in [0, 0.1) is 17.8 Å². The molecule has 0 aromatic carbocycles. The number of rotatable bonds is 3. The Morgan fingerprint density at radius 1 is 0.913 bits per heavy atom. The van der Waals surface area contributed by atoms with Crippen LogP contribution in [-0.4, -0.2) is 35.9 Å². The van der Waals surface area contributed by atoms with Crippen molar-refractivity contribution in [1.29, 1.82) is 0 Å². The molecule has 5 unspecified atom stereocenters. The van der Waals surface area contributed by atoms with Gasteiger partial charge < -0.3 is 10.1 Å². The van der Waals surface area contributed by atoms with E-state index in [-0.39, 0.29) is 17.0 Å². The summed E-state index contributed by atoms with van der Waals surface area (Å²) in [6, 6.07) is 0. The standard InChI is InChI=1S/C17H29N3O2S/c21-15-13-4-2-1-3-11(13)5-6-14(15)23-17-20-19-16(22-17)12-7-9-18-10-8-12/h11-14,16-20H,1-10H2. The third-order valence-electron chi connectivity index (χ3n) is 6.10. The average Bonchev–Trinajstić information content (AvgIpc) is 3.07. The van der Waals surface area contributed by atoms with Crippen molar-refractivity contribution in [2.24, 2.45) is 17.8 Å². The molecule has 0 spiro atoms. The lowest BCUT2D eigenvalue weighted by Gasteiger charge is -2.38. The minimum atomic E-state index is -0.0797. The maximum absolute atomic E-state index is 12.8. The number of ether oxygens (including phenoxy) is 1. The Morgan fingerprint density at radius 3 is 2.61 bits per heavy atom. The molecule has 0 radical (unpaired) electrons. The van der Waals surface area contributed by atoms with Gasteiger partial charge in [-0.25, -0.2) is 10.9 Å². The smallest absolute Gasteiger partial charge is 0.171 e. The Kier molecular flexibility index (Phi) is 5.25. The molecule has 2 aliphatic heterocycles. The molecule has 4 rings (SSSR count). The molecule has 130 valence electrons. The zero-order valence-electron chi connectivity index (χ0n) is 13.8. The number of hydrogen-bond donors (Lipinski definition) is 3. The monoisotopic (exact) mass is 339 g/mol. The molecule has 2 aliphatic carbocycles. The normalized spacial score (nSPS) is 42.6. The van der Waals surface area contributed by atoms with Crippen molar-refractivity contribution in [2.45, 2.75) is 68.4 Å². The van der Waals surface area contributed by atoms with Gasteiger partial charge in [-0.3, -0.25) is 4.79 Å². The predicted octanol–water partition coefficient (Wildman–Crippen LogP) is 1.99. The number of hydrogen-bond acceptors (Lipinski definition) is 6. The fraction of sp³-hybridized carbons (Fsp3) is 0.941. The van der Waals surface area contributed by atoms with Crippen molar-refractivity contribution in [2.75, 3.05) is 13.1 Å². The van der Waals surface area contributed by atoms with E-state index in [4.69, 9.17) is 4.74 Å². The van der Waals surface area contributed by atoms with Gasteiger partial charge in [0.15, 0.2) is 5.56 Å². The quantitative estimate of drug-likeness (QED) is 0.731. The molecule has 2 heterocycles. The Labute approximate surface area is 143 Å². The first kappa shape index (κ1) is 16.3. The minimum absolute atomic E-state index is 0.0797. The molecule has 23 heavy (non-hydrogen) atoms. The molecule has 4 fully saturated rings. The molecular formula is C17H29N3O2S. The second kappa shape index (κ2) is 7.40. The Balaban J connectivity index is 1.29. The molecule has 5 atom stereocenters. The van der Waals surface area contributed by atoms with Gasteiger partial charge in [0, 0.05) is 11.8 Å². The molecule has 4 aliphatic rings. The van der Waals surface area contributed by atoms with Crippen LogP contribution in [0.25, 0.3) is 0 Å². The summed E-state index contributed by atoms with van der Waals surface area (Å²) in [5.74, 6) is 2.08. The van der Waals surface area contributed by atoms with Gasteiger partial charge in [-0.05, 0) is 57.5 Å². The van der Waals surface area contributed by atoms with E-state index in [0.29, 0.717) is 23.5 Å².